The molecule has 1 saturated heterocycles. The van der Waals surface area contributed by atoms with Crippen molar-refractivity contribution in [1.29, 1.82) is 0 Å². The molecule has 0 atom stereocenters. The van der Waals surface area contributed by atoms with Gasteiger partial charge in [-0.05, 0) is 24.3 Å². The fraction of sp³-hybridized carbons (Fsp3) is 0.222. The zero-order valence-electron chi connectivity index (χ0n) is 7.61. The summed E-state index contributed by atoms with van der Waals surface area (Å²) in [6.07, 6.45) is 0. The molecule has 1 aliphatic heterocycles. The summed E-state index contributed by atoms with van der Waals surface area (Å²) in [6, 6.07) is 6.73. The van der Waals surface area contributed by atoms with E-state index in [0.717, 1.165) is 0 Å². The Labute approximate surface area is 86.6 Å². The zero-order valence-corrected chi connectivity index (χ0v) is 8.36. The number of hydrogen-bond acceptors (Lipinski definition) is 2. The number of rotatable bonds is 1. The summed E-state index contributed by atoms with van der Waals surface area (Å²) in [5.41, 5.74) is 0.684. The quantitative estimate of drug-likeness (QED) is 0.714. The molecule has 0 unspecified atom stereocenters. The maximum Gasteiger partial charge on any atom is 0.350 e. The van der Waals surface area contributed by atoms with Gasteiger partial charge in [0.25, 0.3) is 0 Å². The van der Waals surface area contributed by atoms with Crippen molar-refractivity contribution >= 4 is 23.3 Å². The minimum Gasteiger partial charge on any atom is -0.300 e. The van der Waals surface area contributed by atoms with Crippen LogP contribution in [0.4, 0.5) is 10.5 Å². The average molecular weight is 213 g/mol. The first kappa shape index (κ1) is 9.30. The molecule has 0 aliphatic carbocycles. The van der Waals surface area contributed by atoms with E-state index in [9.17, 15) is 4.79 Å². The Bertz CT molecular complexity index is 352. The maximum absolute atomic E-state index is 11.5. The lowest BCUT2D eigenvalue weighted by atomic mass is 10.3. The van der Waals surface area contributed by atoms with E-state index in [1.807, 2.05) is 0 Å². The number of anilines is 1. The zero-order chi connectivity index (χ0) is 10.1. The number of nitrogens with zero attached hydrogens (tertiary/aromatic N) is 2. The van der Waals surface area contributed by atoms with Crippen molar-refractivity contribution in [3.05, 3.63) is 29.3 Å². The van der Waals surface area contributed by atoms with Gasteiger partial charge >= 0.3 is 6.03 Å². The lowest BCUT2D eigenvalue weighted by Gasteiger charge is -2.12. The molecule has 0 aromatic heterocycles. The Morgan fingerprint density at radius 1 is 1.36 bits per heavy atom. The largest absolute Gasteiger partial charge is 0.350 e. The van der Waals surface area contributed by atoms with Gasteiger partial charge in [0.05, 0.1) is 5.69 Å². The average Bonchev–Trinajstić information content (AvgIpc) is 2.50. The summed E-state index contributed by atoms with van der Waals surface area (Å²) in [6.45, 7) is 0.279. The van der Waals surface area contributed by atoms with Crippen LogP contribution in [0.25, 0.3) is 0 Å². The van der Waals surface area contributed by atoms with Crippen molar-refractivity contribution < 1.29 is 9.63 Å². The molecular weight excluding hydrogens is 204 g/mol. The molecule has 1 aromatic rings. The van der Waals surface area contributed by atoms with Crippen LogP contribution in [0.3, 0.4) is 0 Å². The smallest absolute Gasteiger partial charge is 0.300 e. The summed E-state index contributed by atoms with van der Waals surface area (Å²) in [5, 5.41) is 1.88. The Morgan fingerprint density at radius 3 is 2.50 bits per heavy atom. The second-order valence-corrected chi connectivity index (χ2v) is 3.45. The number of halogens is 1. The maximum atomic E-state index is 11.5. The number of carbonyl (C=O) groups excluding carboxylic acids is 1. The molecule has 2 amide bonds. The molecule has 14 heavy (non-hydrogen) atoms. The Balaban J connectivity index is 2.24. The van der Waals surface area contributed by atoms with Crippen LogP contribution >= 0.6 is 11.6 Å². The molecule has 0 bridgehead atoms. The highest BCUT2D eigenvalue weighted by atomic mass is 35.5. The molecule has 0 saturated carbocycles. The van der Waals surface area contributed by atoms with E-state index in [1.165, 1.54) is 9.96 Å². The predicted octanol–water partition coefficient (Wildman–Crippen LogP) is 2.10. The highest BCUT2D eigenvalue weighted by Gasteiger charge is 2.27. The van der Waals surface area contributed by atoms with Gasteiger partial charge in [0.1, 0.15) is 0 Å². The number of hydroxylamine groups is 1. The SMILES string of the molecule is CN1CON(c2ccc(Cl)cc2)C1=O. The van der Waals surface area contributed by atoms with Crippen LogP contribution in [0.2, 0.25) is 5.02 Å². The summed E-state index contributed by atoms with van der Waals surface area (Å²) >= 11 is 5.73. The summed E-state index contributed by atoms with van der Waals surface area (Å²) in [5.74, 6) is 0. The van der Waals surface area contributed by atoms with Crippen LogP contribution in [-0.4, -0.2) is 24.7 Å². The topological polar surface area (TPSA) is 32.8 Å². The van der Waals surface area contributed by atoms with Gasteiger partial charge in [-0.15, -0.1) is 0 Å². The second-order valence-electron chi connectivity index (χ2n) is 3.01. The van der Waals surface area contributed by atoms with Gasteiger partial charge in [-0.2, -0.15) is 5.06 Å². The van der Waals surface area contributed by atoms with Crippen LogP contribution in [0, 0.1) is 0 Å². The molecule has 5 heteroatoms. The number of carbonyl (C=O) groups is 1. The number of benzene rings is 1. The Morgan fingerprint density at radius 2 is 2.00 bits per heavy atom. The first-order valence-electron chi connectivity index (χ1n) is 4.12. The molecule has 1 heterocycles. The van der Waals surface area contributed by atoms with Crippen molar-refractivity contribution in [3.8, 4) is 0 Å². The number of amides is 2. The van der Waals surface area contributed by atoms with Crippen LogP contribution in [0.1, 0.15) is 0 Å². The Kier molecular flexibility index (Phi) is 2.31. The van der Waals surface area contributed by atoms with E-state index in [1.54, 1.807) is 31.3 Å². The lowest BCUT2D eigenvalue weighted by Crippen LogP contribution is -2.28. The first-order valence-corrected chi connectivity index (χ1v) is 4.50. The lowest BCUT2D eigenvalue weighted by molar-refractivity contribution is 0.133. The van der Waals surface area contributed by atoms with Crippen molar-refractivity contribution in [1.82, 2.24) is 4.90 Å². The van der Waals surface area contributed by atoms with Crippen molar-refractivity contribution in [3.63, 3.8) is 0 Å². The van der Waals surface area contributed by atoms with Crippen molar-refractivity contribution in [2.75, 3.05) is 18.8 Å². The third kappa shape index (κ3) is 1.54. The summed E-state index contributed by atoms with van der Waals surface area (Å²) < 4.78 is 0. The number of urea groups is 1. The highest BCUT2D eigenvalue weighted by molar-refractivity contribution is 6.30. The second kappa shape index (κ2) is 3.48. The third-order valence-corrected chi connectivity index (χ3v) is 2.19. The van der Waals surface area contributed by atoms with Gasteiger partial charge in [-0.3, -0.25) is 4.90 Å². The summed E-state index contributed by atoms with van der Waals surface area (Å²) in [7, 11) is 1.68. The molecule has 0 N–H and O–H groups in total. The van der Waals surface area contributed by atoms with E-state index in [0.29, 0.717) is 10.7 Å². The van der Waals surface area contributed by atoms with E-state index in [-0.39, 0.29) is 12.8 Å². The van der Waals surface area contributed by atoms with E-state index in [2.05, 4.69) is 0 Å². The molecule has 1 aromatic carbocycles. The van der Waals surface area contributed by atoms with Crippen molar-refractivity contribution in [2.24, 2.45) is 0 Å². The molecule has 74 valence electrons. The van der Waals surface area contributed by atoms with Gasteiger partial charge in [0.15, 0.2) is 6.73 Å². The molecule has 0 spiro atoms. The van der Waals surface area contributed by atoms with E-state index < -0.39 is 0 Å². The standard InChI is InChI=1S/C9H9ClN2O2/c1-11-6-14-12(9(11)13)8-4-2-7(10)3-5-8/h2-5H,6H2,1H3. The van der Waals surface area contributed by atoms with E-state index in [4.69, 9.17) is 16.4 Å². The highest BCUT2D eigenvalue weighted by Crippen LogP contribution is 2.22. The molecule has 1 aliphatic rings. The minimum atomic E-state index is -0.174. The number of hydrogen-bond donors (Lipinski definition) is 0. The molecular formula is C9H9ClN2O2. The molecule has 0 radical (unpaired) electrons. The van der Waals surface area contributed by atoms with Gasteiger partial charge in [0.2, 0.25) is 0 Å². The minimum absolute atomic E-state index is 0.174. The van der Waals surface area contributed by atoms with Gasteiger partial charge in [0, 0.05) is 12.1 Å². The summed E-state index contributed by atoms with van der Waals surface area (Å²) in [4.78, 5) is 18.1. The van der Waals surface area contributed by atoms with Crippen molar-refractivity contribution in [2.45, 2.75) is 0 Å². The monoisotopic (exact) mass is 212 g/mol. The van der Waals surface area contributed by atoms with Gasteiger partial charge in [-0.25, -0.2) is 9.63 Å². The molecule has 1 fully saturated rings. The molecule has 4 nitrogen and oxygen atoms in total. The third-order valence-electron chi connectivity index (χ3n) is 1.94. The normalized spacial score (nSPS) is 16.6. The van der Waals surface area contributed by atoms with Crippen LogP contribution in [0.15, 0.2) is 24.3 Å². The van der Waals surface area contributed by atoms with Gasteiger partial charge < -0.3 is 0 Å². The fourth-order valence-corrected chi connectivity index (χ4v) is 1.30. The fourth-order valence-electron chi connectivity index (χ4n) is 1.17. The predicted molar refractivity (Wildman–Crippen MR) is 53.0 cm³/mol. The van der Waals surface area contributed by atoms with Gasteiger partial charge in [-0.1, -0.05) is 11.6 Å². The van der Waals surface area contributed by atoms with Crippen LogP contribution in [0.5, 0.6) is 0 Å². The Hall–Kier alpha value is -1.26. The van der Waals surface area contributed by atoms with E-state index >= 15 is 0 Å². The molecule has 2 rings (SSSR count). The first-order chi connectivity index (χ1) is 6.68. The van der Waals surface area contributed by atoms with Crippen LogP contribution in [-0.2, 0) is 4.84 Å². The van der Waals surface area contributed by atoms with Crippen LogP contribution < -0.4 is 5.06 Å².